The molecule has 10 nitrogen and oxygen atoms in total. The average molecular weight is 1350 g/mol. The van der Waals surface area contributed by atoms with E-state index in [1.54, 1.807) is 0 Å². The highest BCUT2D eigenvalue weighted by atomic mass is 16.5. The predicted molar refractivity (Wildman–Crippen MR) is 420 cm³/mol. The van der Waals surface area contributed by atoms with E-state index in [0.717, 1.165) is 130 Å². The monoisotopic (exact) mass is 1340 g/mol. The van der Waals surface area contributed by atoms with Gasteiger partial charge < -0.3 is 35.4 Å². The Balaban J connectivity index is 0.904. The number of ether oxygens (including phenoxy) is 1. The Hall–Kier alpha value is -10.7. The summed E-state index contributed by atoms with van der Waals surface area (Å²) in [6.45, 7) is 8.41. The van der Waals surface area contributed by atoms with Gasteiger partial charge in [0, 0.05) is 74.0 Å². The minimum absolute atomic E-state index is 0.0306. The summed E-state index contributed by atoms with van der Waals surface area (Å²) in [6.07, 6.45) is 4.31. The van der Waals surface area contributed by atoms with Gasteiger partial charge in [-0.3, -0.25) is 14.4 Å². The average Bonchev–Trinajstić information content (AvgIpc) is 1.51. The van der Waals surface area contributed by atoms with Crippen molar-refractivity contribution in [3.63, 3.8) is 0 Å². The summed E-state index contributed by atoms with van der Waals surface area (Å²) in [5, 5.41) is 47.3. The third kappa shape index (κ3) is 12.7. The molecule has 8 unspecified atom stereocenters. The number of aliphatic hydroxyl groups excluding tert-OH is 2. The summed E-state index contributed by atoms with van der Waals surface area (Å²) < 4.78 is 6.31. The summed E-state index contributed by atoms with van der Waals surface area (Å²) >= 11 is 0. The van der Waals surface area contributed by atoms with Crippen LogP contribution in [0.1, 0.15) is 120 Å². The number of anilines is 8. The number of nitrogens with one attached hydrogen (secondary N) is 2. The molecule has 0 aromatic heterocycles. The second-order valence-corrected chi connectivity index (χ2v) is 28.4. The lowest BCUT2D eigenvalue weighted by molar-refractivity contribution is -0.172. The van der Waals surface area contributed by atoms with E-state index in [0.29, 0.717) is 61.0 Å². The summed E-state index contributed by atoms with van der Waals surface area (Å²) in [7, 11) is 0. The highest BCUT2D eigenvalue weighted by Gasteiger charge is 2.69. The number of carbonyl (C=O) groups is 3. The zero-order chi connectivity index (χ0) is 70.0. The Morgan fingerprint density at radius 1 is 0.441 bits per heavy atom. The van der Waals surface area contributed by atoms with Crippen LogP contribution < -0.4 is 20.4 Å². The highest BCUT2D eigenvalue weighted by molar-refractivity contribution is 6.08. The first-order valence-corrected chi connectivity index (χ1v) is 36.8. The Morgan fingerprint density at radius 2 is 0.804 bits per heavy atom. The van der Waals surface area contributed by atoms with E-state index >= 15 is 14.4 Å². The van der Waals surface area contributed by atoms with Crippen molar-refractivity contribution in [1.82, 2.24) is 0 Å². The Morgan fingerprint density at radius 3 is 1.20 bits per heavy atom. The molecular weight excluding hydrogens is 1260 g/mol. The van der Waals surface area contributed by atoms with E-state index in [1.165, 1.54) is 0 Å². The third-order valence-electron chi connectivity index (χ3n) is 22.5. The Bertz CT molecular complexity index is 5130. The largest absolute Gasteiger partial charge is 0.461 e. The van der Waals surface area contributed by atoms with Gasteiger partial charge in [0.15, 0.2) is 0 Å². The van der Waals surface area contributed by atoms with Gasteiger partial charge in [-0.15, -0.1) is 0 Å². The van der Waals surface area contributed by atoms with Crippen LogP contribution in [0.5, 0.6) is 0 Å². The summed E-state index contributed by atoms with van der Waals surface area (Å²) in [5.41, 5.74) is 7.42. The van der Waals surface area contributed by atoms with Crippen LogP contribution in [-0.2, 0) is 25.7 Å². The summed E-state index contributed by atoms with van der Waals surface area (Å²) in [6, 6.07) is 90.0. The minimum atomic E-state index is -1.36. The maximum atomic E-state index is 15.3. The lowest BCUT2D eigenvalue weighted by Gasteiger charge is -2.52. The van der Waals surface area contributed by atoms with Crippen LogP contribution >= 0.6 is 0 Å². The maximum Gasteiger partial charge on any atom is 0.309 e. The number of aliphatic hydroxyl groups is 2. The van der Waals surface area contributed by atoms with E-state index in [-0.39, 0.29) is 30.3 Å². The van der Waals surface area contributed by atoms with Crippen molar-refractivity contribution in [2.45, 2.75) is 123 Å². The SMILES string of the molecule is CCCCC(CC)C(=O)Nc1c(C2C(O)C(c3ccc4cc(N(c5ccc6ccccc6c5)c5ccc6ccccc6c5)ccc4c3NC(=O)C(CC)CCCC)C3(CCC3C(=O)OCc3ccccc3)C2O)ccc2cc(N(c3ccc4ccccc4c3)c3ccc4ccccc4c3)ccc12. The molecule has 102 heavy (non-hydrogen) atoms. The van der Waals surface area contributed by atoms with Gasteiger partial charge in [0.1, 0.15) is 6.61 Å². The normalized spacial score (nSPS) is 18.5. The van der Waals surface area contributed by atoms with Crippen LogP contribution in [0.25, 0.3) is 64.6 Å². The van der Waals surface area contributed by atoms with Crippen LogP contribution in [0.4, 0.5) is 45.5 Å². The number of nitrogens with zero attached hydrogens (tertiary/aromatic N) is 2. The number of esters is 1. The van der Waals surface area contributed by atoms with Crippen molar-refractivity contribution < 1.29 is 29.3 Å². The Kier molecular flexibility index (Phi) is 19.2. The molecule has 4 N–H and O–H groups in total. The van der Waals surface area contributed by atoms with Crippen LogP contribution in [0.2, 0.25) is 0 Å². The zero-order valence-corrected chi connectivity index (χ0v) is 58.6. The topological polar surface area (TPSA) is 131 Å². The molecule has 0 saturated heterocycles. The molecule has 0 bridgehead atoms. The van der Waals surface area contributed by atoms with Crippen molar-refractivity contribution in [3.05, 3.63) is 278 Å². The molecule has 0 aliphatic heterocycles. The molecule has 2 fully saturated rings. The number of hydrogen-bond acceptors (Lipinski definition) is 8. The van der Waals surface area contributed by atoms with Crippen LogP contribution in [0, 0.1) is 23.2 Å². The zero-order valence-electron chi connectivity index (χ0n) is 58.6. The van der Waals surface area contributed by atoms with E-state index in [4.69, 9.17) is 4.74 Å². The van der Waals surface area contributed by atoms with Gasteiger partial charge in [-0.25, -0.2) is 0 Å². The van der Waals surface area contributed by atoms with Gasteiger partial charge in [0.05, 0.1) is 29.5 Å². The fourth-order valence-electron chi connectivity index (χ4n) is 16.9. The fraction of sp³-hybridized carbons (Fsp3) is 0.250. The van der Waals surface area contributed by atoms with Crippen molar-refractivity contribution in [2.24, 2.45) is 23.2 Å². The molecule has 0 heterocycles. The molecule has 1 spiro atoms. The first-order chi connectivity index (χ1) is 49.9. The molecule has 13 aromatic carbocycles. The highest BCUT2D eigenvalue weighted by Crippen LogP contribution is 2.69. The van der Waals surface area contributed by atoms with E-state index in [9.17, 15) is 10.2 Å². The van der Waals surface area contributed by atoms with E-state index in [2.05, 4.69) is 260 Å². The lowest BCUT2D eigenvalue weighted by Crippen LogP contribution is -2.54. The maximum absolute atomic E-state index is 15.3. The van der Waals surface area contributed by atoms with Gasteiger partial charge in [0.2, 0.25) is 11.8 Å². The van der Waals surface area contributed by atoms with Crippen molar-refractivity contribution >= 4 is 128 Å². The number of unbranched alkanes of at least 4 members (excludes halogenated alkanes) is 2. The first kappa shape index (κ1) is 67.2. The number of hydrogen-bond donors (Lipinski definition) is 4. The van der Waals surface area contributed by atoms with Gasteiger partial charge in [0.25, 0.3) is 0 Å². The lowest BCUT2D eigenvalue weighted by atomic mass is 9.52. The predicted octanol–water partition coefficient (Wildman–Crippen LogP) is 22.6. The number of rotatable bonds is 23. The number of fused-ring (bicyclic) bond motifs is 6. The smallest absolute Gasteiger partial charge is 0.309 e. The quantitative estimate of drug-likeness (QED) is 0.0466. The van der Waals surface area contributed by atoms with Crippen molar-refractivity contribution in [2.75, 3.05) is 20.4 Å². The number of amides is 2. The second kappa shape index (κ2) is 29.1. The molecule has 15 rings (SSSR count). The van der Waals surface area contributed by atoms with Gasteiger partial charge in [-0.05, 0) is 182 Å². The van der Waals surface area contributed by atoms with Crippen LogP contribution in [0.15, 0.2) is 261 Å². The first-order valence-electron chi connectivity index (χ1n) is 36.8. The molecule has 2 aliphatic rings. The molecule has 512 valence electrons. The minimum Gasteiger partial charge on any atom is -0.461 e. The standard InChI is InChI=1S/C92H88N4O6/c1-5-9-24-60(7-3)89(99)93-85-78-48-44-76(95(72-40-34-62-26-14-18-30-66(62)52-72)73-41-35-63-27-15-19-31-67(63)53-73)56-70(78)38-46-80(85)83-87(97)84(92(88(83)98)51-50-82(92)91(101)102-58-59-22-12-11-13-23-59)81-47-39-71-57-77(45-49-79(71)86(81)94-90(100)61(8-4)25-10-6-2)96(74-42-36-64-28-16-20-32-68(64)54-74)75-43-37-65-29-17-21-33-69(65)55-75/h11-23,26-49,52-57,60-61,82-84,87-88,97-98H,5-10,24-25,50-51,58H2,1-4H3,(H,93,99)(H,94,100). The molecule has 0 radical (unpaired) electrons. The molecule has 8 atom stereocenters. The molecule has 2 saturated carbocycles. The van der Waals surface area contributed by atoms with Crippen molar-refractivity contribution in [3.8, 4) is 0 Å². The van der Waals surface area contributed by atoms with E-state index < -0.39 is 41.3 Å². The van der Waals surface area contributed by atoms with Gasteiger partial charge in [-0.1, -0.05) is 241 Å². The van der Waals surface area contributed by atoms with Crippen LogP contribution in [0.3, 0.4) is 0 Å². The fourth-order valence-corrected chi connectivity index (χ4v) is 16.9. The van der Waals surface area contributed by atoms with Gasteiger partial charge >= 0.3 is 5.97 Å². The van der Waals surface area contributed by atoms with Gasteiger partial charge in [-0.2, -0.15) is 0 Å². The molecule has 10 heteroatoms. The summed E-state index contributed by atoms with van der Waals surface area (Å²) in [5.74, 6) is -4.19. The van der Waals surface area contributed by atoms with E-state index in [1.807, 2.05) is 48.5 Å². The molecular formula is C92H88N4O6. The van der Waals surface area contributed by atoms with Crippen LogP contribution in [-0.4, -0.2) is 40.2 Å². The molecule has 2 amide bonds. The summed E-state index contributed by atoms with van der Waals surface area (Å²) in [4.78, 5) is 50.3. The Labute approximate surface area is 597 Å². The second-order valence-electron chi connectivity index (χ2n) is 28.4. The number of carbonyl (C=O) groups excluding carboxylic acids is 3. The molecule has 13 aromatic rings. The molecule has 2 aliphatic carbocycles. The number of benzene rings is 13. The van der Waals surface area contributed by atoms with Crippen molar-refractivity contribution in [1.29, 1.82) is 0 Å². The third-order valence-corrected chi connectivity index (χ3v) is 22.5.